The van der Waals surface area contributed by atoms with E-state index in [1.54, 1.807) is 33.3 Å². The number of phenols is 1. The van der Waals surface area contributed by atoms with Crippen molar-refractivity contribution < 1.29 is 38.4 Å². The topological polar surface area (TPSA) is 113 Å². The van der Waals surface area contributed by atoms with Gasteiger partial charge in [-0.1, -0.05) is 12.1 Å². The summed E-state index contributed by atoms with van der Waals surface area (Å²) in [6.45, 7) is 4.26. The van der Waals surface area contributed by atoms with Crippen molar-refractivity contribution >= 4 is 17.5 Å². The monoisotopic (exact) mass is 537 g/mol. The smallest absolute Gasteiger partial charge is 0.336 e. The van der Waals surface area contributed by atoms with Crippen LogP contribution in [0.5, 0.6) is 23.0 Å². The molecule has 2 aliphatic rings. The van der Waals surface area contributed by atoms with Gasteiger partial charge in [-0.25, -0.2) is 4.79 Å². The van der Waals surface area contributed by atoms with Gasteiger partial charge in [0, 0.05) is 30.9 Å². The number of carbonyl (C=O) groups excluding carboxylic acids is 2. The van der Waals surface area contributed by atoms with E-state index in [1.807, 2.05) is 25.1 Å². The second kappa shape index (κ2) is 12.3. The number of hydrogen-bond acceptors (Lipinski definition) is 9. The Balaban J connectivity index is 1.76. The zero-order chi connectivity index (χ0) is 28.1. The Bertz CT molecular complexity index is 1300. The number of ketones is 1. The Morgan fingerprint density at radius 1 is 0.949 bits per heavy atom. The Labute approximate surface area is 228 Å². The van der Waals surface area contributed by atoms with Gasteiger partial charge in [-0.05, 0) is 61.6 Å². The Kier molecular flexibility index (Phi) is 8.91. The normalized spacial score (nSPS) is 20.7. The van der Waals surface area contributed by atoms with Gasteiger partial charge in [-0.3, -0.25) is 9.79 Å². The summed E-state index contributed by atoms with van der Waals surface area (Å²) in [5, 5.41) is 10.3. The summed E-state index contributed by atoms with van der Waals surface area (Å²) in [5.74, 6) is -0.463. The molecule has 1 N–H and O–H groups in total. The van der Waals surface area contributed by atoms with Crippen LogP contribution >= 0.6 is 0 Å². The lowest BCUT2D eigenvalue weighted by atomic mass is 9.66. The Hall–Kier alpha value is -3.85. The summed E-state index contributed by atoms with van der Waals surface area (Å²) in [7, 11) is 4.69. The van der Waals surface area contributed by atoms with Gasteiger partial charge in [0.2, 0.25) is 0 Å². The minimum absolute atomic E-state index is 0.0151. The second-order valence-electron chi connectivity index (χ2n) is 9.53. The van der Waals surface area contributed by atoms with Crippen LogP contribution in [0.15, 0.2) is 52.7 Å². The molecule has 9 nitrogen and oxygen atoms in total. The first-order valence-electron chi connectivity index (χ1n) is 13.0. The van der Waals surface area contributed by atoms with Crippen LogP contribution in [0.4, 0.5) is 0 Å². The van der Waals surface area contributed by atoms with Crippen molar-refractivity contribution in [2.24, 2.45) is 10.9 Å². The fourth-order valence-electron chi connectivity index (χ4n) is 5.44. The fraction of sp³-hybridized carbons (Fsp3) is 0.433. The molecule has 39 heavy (non-hydrogen) atoms. The number of aliphatic imine (C=N–C) groups is 1. The van der Waals surface area contributed by atoms with Crippen LogP contribution in [0.25, 0.3) is 0 Å². The van der Waals surface area contributed by atoms with Crippen molar-refractivity contribution in [2.45, 2.75) is 38.5 Å². The lowest BCUT2D eigenvalue weighted by Gasteiger charge is -2.38. The van der Waals surface area contributed by atoms with Crippen LogP contribution in [-0.2, 0) is 19.1 Å². The number of rotatable bonds is 10. The first-order chi connectivity index (χ1) is 18.8. The predicted octanol–water partition coefficient (Wildman–Crippen LogP) is 4.57. The Morgan fingerprint density at radius 3 is 2.36 bits per heavy atom. The zero-order valence-electron chi connectivity index (χ0n) is 23.0. The SMILES string of the molecule is CCOc1cc([C@@H]2C(C(=O)OCCOC)=C(C)N=C3C[C@@H](c4ccc(OC)c(OC)c4)CC(=O)C32)ccc1O. The number of esters is 1. The van der Waals surface area contributed by atoms with Crippen molar-refractivity contribution in [3.8, 4) is 23.0 Å². The van der Waals surface area contributed by atoms with Crippen molar-refractivity contribution in [3.05, 3.63) is 58.8 Å². The molecule has 0 radical (unpaired) electrons. The molecule has 1 aliphatic carbocycles. The van der Waals surface area contributed by atoms with Crippen LogP contribution in [0.1, 0.15) is 49.7 Å². The summed E-state index contributed by atoms with van der Waals surface area (Å²) in [4.78, 5) is 32.0. The molecule has 1 fully saturated rings. The zero-order valence-corrected chi connectivity index (χ0v) is 23.0. The number of nitrogens with zero attached hydrogens (tertiary/aromatic N) is 1. The summed E-state index contributed by atoms with van der Waals surface area (Å²) in [6, 6.07) is 10.6. The van der Waals surface area contributed by atoms with E-state index in [2.05, 4.69) is 0 Å². The van der Waals surface area contributed by atoms with E-state index in [1.165, 1.54) is 13.2 Å². The molecule has 3 atom stereocenters. The molecule has 0 aromatic heterocycles. The highest BCUT2D eigenvalue weighted by molar-refractivity contribution is 6.12. The van der Waals surface area contributed by atoms with Gasteiger partial charge in [0.25, 0.3) is 0 Å². The number of Topliss-reactive ketones (excluding diaryl/α,β-unsaturated/α-hetero) is 1. The van der Waals surface area contributed by atoms with Crippen LogP contribution < -0.4 is 14.2 Å². The van der Waals surface area contributed by atoms with E-state index in [0.29, 0.717) is 47.1 Å². The summed E-state index contributed by atoms with van der Waals surface area (Å²) in [5.41, 5.74) is 3.16. The van der Waals surface area contributed by atoms with Gasteiger partial charge in [0.1, 0.15) is 12.4 Å². The van der Waals surface area contributed by atoms with Crippen LogP contribution in [0.3, 0.4) is 0 Å². The first kappa shape index (κ1) is 28.2. The average molecular weight is 538 g/mol. The van der Waals surface area contributed by atoms with Crippen LogP contribution in [0.2, 0.25) is 0 Å². The van der Waals surface area contributed by atoms with Crippen molar-refractivity contribution in [2.75, 3.05) is 41.2 Å². The minimum atomic E-state index is -0.644. The fourth-order valence-corrected chi connectivity index (χ4v) is 5.44. The molecule has 1 heterocycles. The minimum Gasteiger partial charge on any atom is -0.504 e. The van der Waals surface area contributed by atoms with E-state index in [0.717, 1.165) is 5.56 Å². The summed E-state index contributed by atoms with van der Waals surface area (Å²) in [6.07, 6.45) is 0.819. The third-order valence-corrected chi connectivity index (χ3v) is 7.22. The highest BCUT2D eigenvalue weighted by Crippen LogP contribution is 2.47. The number of benzene rings is 2. The van der Waals surface area contributed by atoms with Gasteiger partial charge in [0.05, 0.1) is 38.9 Å². The van der Waals surface area contributed by atoms with E-state index in [9.17, 15) is 14.7 Å². The first-order valence-corrected chi connectivity index (χ1v) is 13.0. The third kappa shape index (κ3) is 5.78. The van der Waals surface area contributed by atoms with Gasteiger partial charge < -0.3 is 28.8 Å². The molecule has 0 bridgehead atoms. The second-order valence-corrected chi connectivity index (χ2v) is 9.53. The molecule has 2 aromatic carbocycles. The maximum Gasteiger partial charge on any atom is 0.336 e. The third-order valence-electron chi connectivity index (χ3n) is 7.22. The van der Waals surface area contributed by atoms with E-state index in [4.69, 9.17) is 28.7 Å². The molecule has 1 saturated carbocycles. The number of aromatic hydroxyl groups is 1. The van der Waals surface area contributed by atoms with Gasteiger partial charge >= 0.3 is 5.97 Å². The van der Waals surface area contributed by atoms with Gasteiger partial charge in [0.15, 0.2) is 23.0 Å². The highest BCUT2D eigenvalue weighted by atomic mass is 16.6. The number of hydrogen-bond donors (Lipinski definition) is 1. The van der Waals surface area contributed by atoms with Crippen LogP contribution in [-0.4, -0.2) is 63.7 Å². The largest absolute Gasteiger partial charge is 0.504 e. The molecule has 1 unspecified atom stereocenters. The lowest BCUT2D eigenvalue weighted by molar-refractivity contribution is -0.140. The maximum atomic E-state index is 13.9. The molecule has 1 aliphatic heterocycles. The number of methoxy groups -OCH3 is 3. The number of ether oxygens (including phenoxy) is 5. The highest BCUT2D eigenvalue weighted by Gasteiger charge is 2.46. The molecule has 208 valence electrons. The molecule has 2 aromatic rings. The average Bonchev–Trinajstić information content (AvgIpc) is 2.93. The summed E-state index contributed by atoms with van der Waals surface area (Å²) >= 11 is 0. The van der Waals surface area contributed by atoms with E-state index in [-0.39, 0.29) is 42.8 Å². The molecule has 0 amide bonds. The molecule has 4 rings (SSSR count). The lowest BCUT2D eigenvalue weighted by Crippen LogP contribution is -2.41. The predicted molar refractivity (Wildman–Crippen MR) is 145 cm³/mol. The quantitative estimate of drug-likeness (QED) is 0.346. The molecule has 0 saturated heterocycles. The maximum absolute atomic E-state index is 13.9. The van der Waals surface area contributed by atoms with Gasteiger partial charge in [-0.15, -0.1) is 0 Å². The molecular formula is C30H35NO8. The van der Waals surface area contributed by atoms with Crippen LogP contribution in [0, 0.1) is 5.92 Å². The van der Waals surface area contributed by atoms with E-state index < -0.39 is 17.8 Å². The van der Waals surface area contributed by atoms with Crippen molar-refractivity contribution in [3.63, 3.8) is 0 Å². The molecule has 9 heteroatoms. The van der Waals surface area contributed by atoms with Crippen molar-refractivity contribution in [1.29, 1.82) is 0 Å². The standard InChI is InChI=1S/C30H35NO8/c1-6-38-25-16-19(7-9-22(25)32)28-27(30(34)39-12-11-35-3)17(2)31-21-13-20(14-23(33)29(21)28)18-8-10-24(36-4)26(15-18)37-5/h7-10,15-16,20,28-29,32H,6,11-14H2,1-5H3/t20-,28-,29?/m1/s1. The molecular weight excluding hydrogens is 502 g/mol. The number of carbonyl (C=O) groups is 2. The summed E-state index contributed by atoms with van der Waals surface area (Å²) < 4.78 is 27.0. The number of fused-ring (bicyclic) bond motifs is 1. The number of phenolic OH excluding ortho intramolecular Hbond substituents is 1. The van der Waals surface area contributed by atoms with Gasteiger partial charge in [-0.2, -0.15) is 0 Å². The van der Waals surface area contributed by atoms with E-state index >= 15 is 0 Å². The van der Waals surface area contributed by atoms with Crippen molar-refractivity contribution in [1.82, 2.24) is 0 Å². The Morgan fingerprint density at radius 2 is 1.67 bits per heavy atom. The number of allylic oxidation sites excluding steroid dienone is 1. The molecule has 0 spiro atoms.